The molecule has 1 aromatic rings. The minimum Gasteiger partial charge on any atom is -0.492 e. The van der Waals surface area contributed by atoms with E-state index in [2.05, 4.69) is 0 Å². The molecule has 0 radical (unpaired) electrons. The van der Waals surface area contributed by atoms with Crippen molar-refractivity contribution in [3.8, 4) is 5.75 Å². The Balaban J connectivity index is 2.37. The van der Waals surface area contributed by atoms with Crippen molar-refractivity contribution in [1.29, 1.82) is 0 Å². The van der Waals surface area contributed by atoms with Crippen molar-refractivity contribution in [2.75, 3.05) is 19.7 Å². The van der Waals surface area contributed by atoms with Crippen LogP contribution in [0.3, 0.4) is 0 Å². The molecular weight excluding hydrogens is 262 g/mol. The first-order valence-corrected chi connectivity index (χ1v) is 8.23. The lowest BCUT2D eigenvalue weighted by Crippen LogP contribution is -2.28. The highest BCUT2D eigenvalue weighted by Gasteiger charge is 2.29. The molecule has 0 aromatic heterocycles. The van der Waals surface area contributed by atoms with E-state index in [0.29, 0.717) is 30.3 Å². The monoisotopic (exact) mass is 283 g/mol. The summed E-state index contributed by atoms with van der Waals surface area (Å²) < 4.78 is 32.3. The Morgan fingerprint density at radius 1 is 1.26 bits per heavy atom. The van der Waals surface area contributed by atoms with Crippen LogP contribution in [0.2, 0.25) is 0 Å². The Labute approximate surface area is 115 Å². The molecule has 106 valence electrons. The lowest BCUT2D eigenvalue weighted by Gasteiger charge is -2.18. The minimum atomic E-state index is -3.41. The van der Waals surface area contributed by atoms with E-state index in [0.717, 1.165) is 24.8 Å². The predicted octanol–water partition coefficient (Wildman–Crippen LogP) is 2.57. The fourth-order valence-corrected chi connectivity index (χ4v) is 3.85. The third kappa shape index (κ3) is 3.09. The topological polar surface area (TPSA) is 46.6 Å². The summed E-state index contributed by atoms with van der Waals surface area (Å²) in [5.74, 6) is 0.480. The average molecular weight is 283 g/mol. The SMILES string of the molecule is CCCOc1cc(C)ccc1S(=O)(=O)N1CCCC1. The van der Waals surface area contributed by atoms with E-state index in [9.17, 15) is 8.42 Å². The van der Waals surface area contributed by atoms with Crippen molar-refractivity contribution in [3.63, 3.8) is 0 Å². The van der Waals surface area contributed by atoms with Crippen molar-refractivity contribution in [3.05, 3.63) is 23.8 Å². The van der Waals surface area contributed by atoms with E-state index in [1.165, 1.54) is 0 Å². The lowest BCUT2D eigenvalue weighted by atomic mass is 10.2. The highest BCUT2D eigenvalue weighted by molar-refractivity contribution is 7.89. The largest absolute Gasteiger partial charge is 0.492 e. The summed E-state index contributed by atoms with van der Waals surface area (Å²) in [5.41, 5.74) is 1.01. The molecule has 1 heterocycles. The van der Waals surface area contributed by atoms with Gasteiger partial charge in [0.1, 0.15) is 10.6 Å². The summed E-state index contributed by atoms with van der Waals surface area (Å²) in [6, 6.07) is 5.29. The zero-order chi connectivity index (χ0) is 13.9. The quantitative estimate of drug-likeness (QED) is 0.834. The number of benzene rings is 1. The number of rotatable bonds is 5. The molecule has 0 aliphatic carbocycles. The fourth-order valence-electron chi connectivity index (χ4n) is 2.22. The Morgan fingerprint density at radius 3 is 2.58 bits per heavy atom. The first-order chi connectivity index (χ1) is 9.05. The van der Waals surface area contributed by atoms with Crippen molar-refractivity contribution in [2.24, 2.45) is 0 Å². The lowest BCUT2D eigenvalue weighted by molar-refractivity contribution is 0.308. The van der Waals surface area contributed by atoms with E-state index in [1.54, 1.807) is 16.4 Å². The van der Waals surface area contributed by atoms with E-state index < -0.39 is 10.0 Å². The molecule has 1 aliphatic heterocycles. The number of hydrogen-bond acceptors (Lipinski definition) is 3. The van der Waals surface area contributed by atoms with Gasteiger partial charge in [0, 0.05) is 13.1 Å². The maximum Gasteiger partial charge on any atom is 0.246 e. The number of hydrogen-bond donors (Lipinski definition) is 0. The molecule has 0 bridgehead atoms. The normalized spacial score (nSPS) is 16.7. The minimum absolute atomic E-state index is 0.299. The smallest absolute Gasteiger partial charge is 0.246 e. The van der Waals surface area contributed by atoms with Crippen LogP contribution in [0.4, 0.5) is 0 Å². The molecule has 0 N–H and O–H groups in total. The van der Waals surface area contributed by atoms with Crippen LogP contribution in [-0.4, -0.2) is 32.4 Å². The van der Waals surface area contributed by atoms with Gasteiger partial charge in [0.25, 0.3) is 0 Å². The summed E-state index contributed by atoms with van der Waals surface area (Å²) in [6.45, 7) is 5.70. The highest BCUT2D eigenvalue weighted by atomic mass is 32.2. The third-order valence-electron chi connectivity index (χ3n) is 3.24. The van der Waals surface area contributed by atoms with Gasteiger partial charge < -0.3 is 4.74 Å². The summed E-state index contributed by atoms with van der Waals surface area (Å²) in [4.78, 5) is 0.299. The number of sulfonamides is 1. The second-order valence-corrected chi connectivity index (χ2v) is 6.82. The van der Waals surface area contributed by atoms with Crippen molar-refractivity contribution in [2.45, 2.75) is 38.0 Å². The number of nitrogens with zero attached hydrogens (tertiary/aromatic N) is 1. The van der Waals surface area contributed by atoms with E-state index >= 15 is 0 Å². The molecule has 0 amide bonds. The summed E-state index contributed by atoms with van der Waals surface area (Å²) >= 11 is 0. The standard InChI is InChI=1S/C14H21NO3S/c1-3-10-18-13-11-12(2)6-7-14(13)19(16,17)15-8-4-5-9-15/h6-7,11H,3-5,8-10H2,1-2H3. The molecule has 5 heteroatoms. The molecule has 1 fully saturated rings. The molecule has 2 rings (SSSR count). The van der Waals surface area contributed by atoms with Crippen LogP contribution in [-0.2, 0) is 10.0 Å². The molecule has 0 spiro atoms. The average Bonchev–Trinajstić information content (AvgIpc) is 2.90. The van der Waals surface area contributed by atoms with Gasteiger partial charge in [-0.05, 0) is 43.9 Å². The fraction of sp³-hybridized carbons (Fsp3) is 0.571. The van der Waals surface area contributed by atoms with Gasteiger partial charge in [0.05, 0.1) is 6.61 Å². The Morgan fingerprint density at radius 2 is 1.95 bits per heavy atom. The van der Waals surface area contributed by atoms with Gasteiger partial charge in [-0.1, -0.05) is 13.0 Å². The molecule has 1 aromatic carbocycles. The second-order valence-electron chi connectivity index (χ2n) is 4.91. The van der Waals surface area contributed by atoms with Crippen LogP contribution in [0.15, 0.2) is 23.1 Å². The van der Waals surface area contributed by atoms with E-state index in [1.807, 2.05) is 19.9 Å². The van der Waals surface area contributed by atoms with Crippen LogP contribution in [0, 0.1) is 6.92 Å². The second kappa shape index (κ2) is 5.92. The molecule has 0 atom stereocenters. The molecule has 4 nitrogen and oxygen atoms in total. The third-order valence-corrected chi connectivity index (χ3v) is 5.18. The zero-order valence-electron chi connectivity index (χ0n) is 11.6. The summed E-state index contributed by atoms with van der Waals surface area (Å²) in [6.07, 6.45) is 2.74. The van der Waals surface area contributed by atoms with Crippen LogP contribution < -0.4 is 4.74 Å². The van der Waals surface area contributed by atoms with E-state index in [-0.39, 0.29) is 0 Å². The van der Waals surface area contributed by atoms with E-state index in [4.69, 9.17) is 4.74 Å². The van der Waals surface area contributed by atoms with Crippen LogP contribution >= 0.6 is 0 Å². The molecular formula is C14H21NO3S. The van der Waals surface area contributed by atoms with Crippen LogP contribution in [0.1, 0.15) is 31.7 Å². The van der Waals surface area contributed by atoms with Gasteiger partial charge in [0.15, 0.2) is 0 Å². The number of ether oxygens (including phenoxy) is 1. The first kappa shape index (κ1) is 14.3. The van der Waals surface area contributed by atoms with Crippen molar-refractivity contribution >= 4 is 10.0 Å². The molecule has 0 saturated carbocycles. The van der Waals surface area contributed by atoms with Crippen LogP contribution in [0.5, 0.6) is 5.75 Å². The number of aryl methyl sites for hydroxylation is 1. The Kier molecular flexibility index (Phi) is 4.47. The van der Waals surface area contributed by atoms with Gasteiger partial charge >= 0.3 is 0 Å². The van der Waals surface area contributed by atoms with Gasteiger partial charge in [0.2, 0.25) is 10.0 Å². The van der Waals surface area contributed by atoms with Gasteiger partial charge in [-0.3, -0.25) is 0 Å². The molecule has 1 saturated heterocycles. The summed E-state index contributed by atoms with van der Waals surface area (Å²) in [7, 11) is -3.41. The molecule has 1 aliphatic rings. The zero-order valence-corrected chi connectivity index (χ0v) is 12.4. The van der Waals surface area contributed by atoms with Gasteiger partial charge in [-0.15, -0.1) is 0 Å². The maximum absolute atomic E-state index is 12.6. The van der Waals surface area contributed by atoms with Crippen molar-refractivity contribution in [1.82, 2.24) is 4.31 Å². The van der Waals surface area contributed by atoms with Gasteiger partial charge in [-0.2, -0.15) is 4.31 Å². The molecule has 19 heavy (non-hydrogen) atoms. The van der Waals surface area contributed by atoms with Gasteiger partial charge in [-0.25, -0.2) is 8.42 Å². The Hall–Kier alpha value is -1.07. The Bertz CT molecular complexity index is 534. The first-order valence-electron chi connectivity index (χ1n) is 6.79. The predicted molar refractivity (Wildman–Crippen MR) is 75.0 cm³/mol. The van der Waals surface area contributed by atoms with Crippen molar-refractivity contribution < 1.29 is 13.2 Å². The van der Waals surface area contributed by atoms with Crippen LogP contribution in [0.25, 0.3) is 0 Å². The summed E-state index contributed by atoms with van der Waals surface area (Å²) in [5, 5.41) is 0. The molecule has 0 unspecified atom stereocenters. The maximum atomic E-state index is 12.6. The highest BCUT2D eigenvalue weighted by Crippen LogP contribution is 2.29.